The summed E-state index contributed by atoms with van der Waals surface area (Å²) in [5, 5.41) is 11.8. The maximum atomic E-state index is 12.1. The fourth-order valence-corrected chi connectivity index (χ4v) is 2.84. The number of carbonyl (C=O) groups is 2. The lowest BCUT2D eigenvalue weighted by atomic mass is 10.2. The van der Waals surface area contributed by atoms with Crippen LogP contribution in [0.2, 0.25) is 0 Å². The predicted octanol–water partition coefficient (Wildman–Crippen LogP) is 1.22. The fourth-order valence-electron chi connectivity index (χ4n) is 2.84. The molecule has 0 saturated carbocycles. The van der Waals surface area contributed by atoms with Crippen LogP contribution in [0.4, 0.5) is 11.6 Å². The van der Waals surface area contributed by atoms with Crippen molar-refractivity contribution in [3.8, 4) is 11.4 Å². The molecule has 0 spiro atoms. The third-order valence-corrected chi connectivity index (χ3v) is 4.34. The molecule has 2 heterocycles. The molecule has 0 fully saturated rings. The van der Waals surface area contributed by atoms with Gasteiger partial charge in [0, 0.05) is 50.9 Å². The van der Waals surface area contributed by atoms with Crippen molar-refractivity contribution in [2.45, 2.75) is 6.92 Å². The van der Waals surface area contributed by atoms with Gasteiger partial charge in [0.1, 0.15) is 17.2 Å². The molecule has 32 heavy (non-hydrogen) atoms. The second-order valence-electron chi connectivity index (χ2n) is 6.83. The van der Waals surface area contributed by atoms with Crippen LogP contribution in [0.3, 0.4) is 0 Å². The van der Waals surface area contributed by atoms with Crippen LogP contribution in [0, 0.1) is 0 Å². The van der Waals surface area contributed by atoms with Gasteiger partial charge in [-0.1, -0.05) is 30.3 Å². The Kier molecular flexibility index (Phi) is 7.90. The van der Waals surface area contributed by atoms with Crippen molar-refractivity contribution in [1.29, 1.82) is 0 Å². The first-order valence-electron chi connectivity index (χ1n) is 10.2. The molecule has 10 nitrogen and oxygen atoms in total. The van der Waals surface area contributed by atoms with E-state index in [1.165, 1.54) is 19.2 Å². The second kappa shape index (κ2) is 11.3. The van der Waals surface area contributed by atoms with Gasteiger partial charge in [0.05, 0.1) is 0 Å². The number of H-pyrrole nitrogens is 1. The van der Waals surface area contributed by atoms with Gasteiger partial charge in [-0.15, -0.1) is 0 Å². The van der Waals surface area contributed by atoms with E-state index in [0.717, 1.165) is 5.56 Å². The Hall–Kier alpha value is -4.21. The number of amides is 2. The van der Waals surface area contributed by atoms with E-state index in [4.69, 9.17) is 0 Å². The van der Waals surface area contributed by atoms with Crippen molar-refractivity contribution in [2.24, 2.45) is 0 Å². The lowest BCUT2D eigenvalue weighted by Gasteiger charge is -2.12. The normalized spacial score (nSPS) is 10.3. The Bertz CT molecular complexity index is 1120. The van der Waals surface area contributed by atoms with Crippen LogP contribution in [-0.4, -0.2) is 52.9 Å². The number of pyridine rings is 1. The zero-order chi connectivity index (χ0) is 22.8. The molecule has 0 bridgehead atoms. The van der Waals surface area contributed by atoms with Crippen molar-refractivity contribution < 1.29 is 9.59 Å². The van der Waals surface area contributed by atoms with E-state index < -0.39 is 11.5 Å². The Morgan fingerprint density at radius 2 is 1.53 bits per heavy atom. The fraction of sp³-hybridized carbons (Fsp3) is 0.227. The summed E-state index contributed by atoms with van der Waals surface area (Å²) in [5.74, 6) is 1.18. The minimum Gasteiger partial charge on any atom is -0.368 e. The number of hydrogen-bond donors (Lipinski definition) is 5. The molecular formula is C22H25N7O3. The number of aromatic nitrogens is 3. The molecule has 0 aliphatic carbocycles. The highest BCUT2D eigenvalue weighted by Crippen LogP contribution is 2.19. The zero-order valence-corrected chi connectivity index (χ0v) is 17.6. The third kappa shape index (κ3) is 6.66. The van der Waals surface area contributed by atoms with Crippen LogP contribution in [0.1, 0.15) is 17.3 Å². The number of anilines is 2. The summed E-state index contributed by atoms with van der Waals surface area (Å²) < 4.78 is 0. The van der Waals surface area contributed by atoms with Crippen LogP contribution in [-0.2, 0) is 4.79 Å². The summed E-state index contributed by atoms with van der Waals surface area (Å²) in [4.78, 5) is 46.4. The molecule has 2 aromatic heterocycles. The minimum atomic E-state index is -0.443. The van der Waals surface area contributed by atoms with Crippen LogP contribution in [0.15, 0.2) is 59.5 Å². The topological polar surface area (TPSA) is 141 Å². The Morgan fingerprint density at radius 1 is 0.875 bits per heavy atom. The molecule has 3 aromatic rings. The molecule has 0 atom stereocenters. The summed E-state index contributed by atoms with van der Waals surface area (Å²) >= 11 is 0. The molecule has 10 heteroatoms. The van der Waals surface area contributed by atoms with E-state index in [-0.39, 0.29) is 11.5 Å². The maximum absolute atomic E-state index is 12.1. The van der Waals surface area contributed by atoms with Gasteiger partial charge in [-0.25, -0.2) is 9.97 Å². The van der Waals surface area contributed by atoms with Gasteiger partial charge in [0.25, 0.3) is 11.5 Å². The lowest BCUT2D eigenvalue weighted by molar-refractivity contribution is -0.118. The van der Waals surface area contributed by atoms with Crippen molar-refractivity contribution in [3.05, 3.63) is 70.6 Å². The molecule has 0 radical (unpaired) electrons. The first-order chi connectivity index (χ1) is 15.5. The molecule has 166 valence electrons. The van der Waals surface area contributed by atoms with Crippen molar-refractivity contribution in [3.63, 3.8) is 0 Å². The molecule has 0 aliphatic heterocycles. The Labute approximate surface area is 184 Å². The van der Waals surface area contributed by atoms with Crippen molar-refractivity contribution in [2.75, 3.05) is 36.8 Å². The van der Waals surface area contributed by atoms with E-state index in [1.807, 2.05) is 30.3 Å². The average Bonchev–Trinajstić information content (AvgIpc) is 2.80. The minimum absolute atomic E-state index is 0.0616. The Morgan fingerprint density at radius 3 is 2.16 bits per heavy atom. The predicted molar refractivity (Wildman–Crippen MR) is 123 cm³/mol. The lowest BCUT2D eigenvalue weighted by Crippen LogP contribution is -2.32. The standard InChI is InChI=1S/C22H25N7O3/c1-15(30)23-10-11-24-18-14-19(29-20(28-18)16-6-3-2-4-7-16)25-12-13-27-22(32)17-8-5-9-26-21(17)31/h2-9,14H,10-13H2,1H3,(H,23,30)(H,26,31)(H,27,32)(H2,24,25,28,29). The van der Waals surface area contributed by atoms with E-state index in [2.05, 4.69) is 36.2 Å². The Balaban J connectivity index is 1.63. The number of carbonyl (C=O) groups excluding carboxylic acids is 2. The first kappa shape index (κ1) is 22.5. The van der Waals surface area contributed by atoms with Gasteiger partial charge in [-0.05, 0) is 12.1 Å². The number of rotatable bonds is 10. The van der Waals surface area contributed by atoms with Crippen LogP contribution in [0.5, 0.6) is 0 Å². The van der Waals surface area contributed by atoms with Gasteiger partial charge in [0.2, 0.25) is 5.91 Å². The second-order valence-corrected chi connectivity index (χ2v) is 6.83. The van der Waals surface area contributed by atoms with E-state index in [0.29, 0.717) is 43.6 Å². The number of hydrogen-bond acceptors (Lipinski definition) is 7. The van der Waals surface area contributed by atoms with E-state index in [1.54, 1.807) is 12.1 Å². The molecule has 0 unspecified atom stereocenters. The molecule has 3 rings (SSSR count). The van der Waals surface area contributed by atoms with Gasteiger partial charge in [0.15, 0.2) is 5.82 Å². The summed E-state index contributed by atoms with van der Waals surface area (Å²) in [6, 6.07) is 14.4. The smallest absolute Gasteiger partial charge is 0.260 e. The first-order valence-corrected chi connectivity index (χ1v) is 10.2. The largest absolute Gasteiger partial charge is 0.368 e. The number of nitrogens with one attached hydrogen (secondary N) is 5. The van der Waals surface area contributed by atoms with Crippen LogP contribution >= 0.6 is 0 Å². The molecule has 2 amide bonds. The summed E-state index contributed by atoms with van der Waals surface area (Å²) in [5.41, 5.74) is 0.487. The number of nitrogens with zero attached hydrogens (tertiary/aromatic N) is 2. The monoisotopic (exact) mass is 435 g/mol. The zero-order valence-electron chi connectivity index (χ0n) is 17.6. The number of aromatic amines is 1. The highest BCUT2D eigenvalue weighted by Gasteiger charge is 2.10. The van der Waals surface area contributed by atoms with Crippen LogP contribution < -0.4 is 26.8 Å². The highest BCUT2D eigenvalue weighted by atomic mass is 16.2. The molecule has 5 N–H and O–H groups in total. The molecule has 0 saturated heterocycles. The number of benzene rings is 1. The van der Waals surface area contributed by atoms with Crippen molar-refractivity contribution in [1.82, 2.24) is 25.6 Å². The van der Waals surface area contributed by atoms with E-state index >= 15 is 0 Å². The van der Waals surface area contributed by atoms with Gasteiger partial charge in [-0.3, -0.25) is 14.4 Å². The maximum Gasteiger partial charge on any atom is 0.260 e. The van der Waals surface area contributed by atoms with Gasteiger partial charge in [-0.2, -0.15) is 0 Å². The van der Waals surface area contributed by atoms with Crippen LogP contribution in [0.25, 0.3) is 11.4 Å². The molecule has 0 aliphatic rings. The highest BCUT2D eigenvalue weighted by molar-refractivity contribution is 5.93. The third-order valence-electron chi connectivity index (χ3n) is 4.34. The van der Waals surface area contributed by atoms with Gasteiger partial charge < -0.3 is 26.3 Å². The average molecular weight is 435 g/mol. The molecule has 1 aromatic carbocycles. The van der Waals surface area contributed by atoms with E-state index in [9.17, 15) is 14.4 Å². The quantitative estimate of drug-likeness (QED) is 0.302. The van der Waals surface area contributed by atoms with Crippen molar-refractivity contribution >= 4 is 23.5 Å². The van der Waals surface area contributed by atoms with Gasteiger partial charge >= 0.3 is 0 Å². The SMILES string of the molecule is CC(=O)NCCNc1cc(NCCNC(=O)c2ccc[nH]c2=O)nc(-c2ccccc2)n1. The summed E-state index contributed by atoms with van der Waals surface area (Å²) in [6.07, 6.45) is 1.47. The summed E-state index contributed by atoms with van der Waals surface area (Å²) in [6.45, 7) is 3.13. The molecular weight excluding hydrogens is 410 g/mol. The summed E-state index contributed by atoms with van der Waals surface area (Å²) in [7, 11) is 0.